The van der Waals surface area contributed by atoms with E-state index in [1.165, 1.54) is 25.1 Å². The van der Waals surface area contributed by atoms with Crippen LogP contribution in [0.25, 0.3) is 0 Å². The number of carbonyl (C=O) groups is 2. The van der Waals surface area contributed by atoms with Gasteiger partial charge in [-0.2, -0.15) is 0 Å². The number of rotatable bonds is 3. The van der Waals surface area contributed by atoms with Crippen molar-refractivity contribution in [3.63, 3.8) is 0 Å². The lowest BCUT2D eigenvalue weighted by Crippen LogP contribution is -2.43. The molecule has 0 unspecified atom stereocenters. The topological polar surface area (TPSA) is 84.2 Å². The molecule has 5 nitrogen and oxygen atoms in total. The second-order valence-electron chi connectivity index (χ2n) is 3.35. The molecule has 1 rings (SSSR count). The number of anilines is 1. The summed E-state index contributed by atoms with van der Waals surface area (Å²) in [7, 11) is 0. The number of imide groups is 1. The van der Waals surface area contributed by atoms with Crippen molar-refractivity contribution >= 4 is 29.2 Å². The molecule has 0 heterocycles. The minimum atomic E-state index is -0.930. The zero-order chi connectivity index (χ0) is 13.0. The van der Waals surface area contributed by atoms with Gasteiger partial charge in [0.2, 0.25) is 5.91 Å². The van der Waals surface area contributed by atoms with Crippen molar-refractivity contribution in [3.8, 4) is 0 Å². The van der Waals surface area contributed by atoms with Crippen LogP contribution in [0.4, 0.5) is 14.9 Å². The summed E-state index contributed by atoms with van der Waals surface area (Å²) in [6.07, 6.45) is 0. The Kier molecular flexibility index (Phi) is 4.28. The minimum Gasteiger partial charge on any atom is -0.374 e. The molecular formula is C10H11ClFN3O2. The average molecular weight is 260 g/mol. The van der Waals surface area contributed by atoms with Crippen molar-refractivity contribution in [3.05, 3.63) is 29.0 Å². The van der Waals surface area contributed by atoms with E-state index in [1.54, 1.807) is 0 Å². The van der Waals surface area contributed by atoms with Gasteiger partial charge in [0.25, 0.3) is 0 Å². The monoisotopic (exact) mass is 259 g/mol. The van der Waals surface area contributed by atoms with Crippen LogP contribution >= 0.6 is 11.6 Å². The lowest BCUT2D eigenvalue weighted by atomic mass is 10.2. The molecule has 3 amide bonds. The van der Waals surface area contributed by atoms with Crippen molar-refractivity contribution in [1.82, 2.24) is 5.32 Å². The highest BCUT2D eigenvalue weighted by Gasteiger charge is 2.14. The molecule has 0 aliphatic rings. The highest BCUT2D eigenvalue weighted by Crippen LogP contribution is 2.19. The van der Waals surface area contributed by atoms with Gasteiger partial charge in [0.15, 0.2) is 0 Å². The molecule has 0 aliphatic heterocycles. The molecule has 1 atom stereocenters. The van der Waals surface area contributed by atoms with E-state index in [1.807, 2.05) is 5.32 Å². The van der Waals surface area contributed by atoms with Crippen molar-refractivity contribution in [2.45, 2.75) is 13.0 Å². The second kappa shape index (κ2) is 5.49. The zero-order valence-electron chi connectivity index (χ0n) is 8.96. The third-order valence-electron chi connectivity index (χ3n) is 1.94. The largest absolute Gasteiger partial charge is 0.374 e. The molecule has 0 spiro atoms. The van der Waals surface area contributed by atoms with Crippen molar-refractivity contribution in [2.75, 3.05) is 5.32 Å². The van der Waals surface area contributed by atoms with Crippen LogP contribution in [0, 0.1) is 5.82 Å². The molecule has 0 bridgehead atoms. The first-order valence-corrected chi connectivity index (χ1v) is 5.10. The number of primary amides is 1. The summed E-state index contributed by atoms with van der Waals surface area (Å²) in [5, 5.41) is 4.61. The molecule has 0 aromatic heterocycles. The number of carbonyl (C=O) groups excluding carboxylic acids is 2. The van der Waals surface area contributed by atoms with Gasteiger partial charge < -0.3 is 11.1 Å². The second-order valence-corrected chi connectivity index (χ2v) is 3.76. The van der Waals surface area contributed by atoms with Gasteiger partial charge in [-0.25, -0.2) is 9.18 Å². The minimum absolute atomic E-state index is 0.0579. The number of benzene rings is 1. The molecule has 7 heteroatoms. The van der Waals surface area contributed by atoms with Crippen LogP contribution in [0.15, 0.2) is 18.2 Å². The predicted octanol–water partition coefficient (Wildman–Crippen LogP) is 1.47. The van der Waals surface area contributed by atoms with Crippen LogP contribution < -0.4 is 16.4 Å². The Morgan fingerprint density at radius 1 is 1.47 bits per heavy atom. The standard InChI is InChI=1S/C10H11ClFN3O2/c1-5(9(16)15-10(13)17)14-6-2-3-8(12)7(11)4-6/h2-5,14H,1H3,(H3,13,15,16,17)/t5-/m1/s1. The Morgan fingerprint density at radius 3 is 2.65 bits per heavy atom. The van der Waals surface area contributed by atoms with Gasteiger partial charge in [-0.05, 0) is 25.1 Å². The number of urea groups is 1. The fraction of sp³-hybridized carbons (Fsp3) is 0.200. The SMILES string of the molecule is C[C@@H](Nc1ccc(F)c(Cl)c1)C(=O)NC(N)=O. The van der Waals surface area contributed by atoms with E-state index in [2.05, 4.69) is 5.32 Å². The van der Waals surface area contributed by atoms with Crippen molar-refractivity contribution < 1.29 is 14.0 Å². The van der Waals surface area contributed by atoms with E-state index in [-0.39, 0.29) is 5.02 Å². The van der Waals surface area contributed by atoms with Crippen LogP contribution in [0.5, 0.6) is 0 Å². The fourth-order valence-electron chi connectivity index (χ4n) is 1.13. The highest BCUT2D eigenvalue weighted by molar-refractivity contribution is 6.31. The Bertz CT molecular complexity index is 453. The molecule has 0 radical (unpaired) electrons. The maximum Gasteiger partial charge on any atom is 0.318 e. The third-order valence-corrected chi connectivity index (χ3v) is 2.23. The summed E-state index contributed by atoms with van der Waals surface area (Å²) >= 11 is 5.57. The maximum absolute atomic E-state index is 12.9. The van der Waals surface area contributed by atoms with Crippen LogP contribution in [-0.2, 0) is 4.79 Å². The van der Waals surface area contributed by atoms with E-state index in [0.29, 0.717) is 5.69 Å². The summed E-state index contributed by atoms with van der Waals surface area (Å²) in [5.41, 5.74) is 5.26. The van der Waals surface area contributed by atoms with E-state index < -0.39 is 23.8 Å². The Hall–Kier alpha value is -1.82. The number of nitrogens with one attached hydrogen (secondary N) is 2. The smallest absolute Gasteiger partial charge is 0.318 e. The van der Waals surface area contributed by atoms with Gasteiger partial charge in [0.1, 0.15) is 11.9 Å². The summed E-state index contributed by atoms with van der Waals surface area (Å²) in [5.74, 6) is -1.13. The van der Waals surface area contributed by atoms with E-state index in [4.69, 9.17) is 17.3 Å². The van der Waals surface area contributed by atoms with Gasteiger partial charge in [-0.1, -0.05) is 11.6 Å². The number of amides is 3. The van der Waals surface area contributed by atoms with E-state index in [9.17, 15) is 14.0 Å². The summed E-state index contributed by atoms with van der Waals surface area (Å²) in [6, 6.07) is 2.30. The molecular weight excluding hydrogens is 249 g/mol. The third kappa shape index (κ3) is 3.92. The van der Waals surface area contributed by atoms with Crippen LogP contribution in [-0.4, -0.2) is 18.0 Å². The van der Waals surface area contributed by atoms with Gasteiger partial charge in [0.05, 0.1) is 5.02 Å². The molecule has 0 fully saturated rings. The summed E-state index contributed by atoms with van der Waals surface area (Å²) < 4.78 is 12.9. The zero-order valence-corrected chi connectivity index (χ0v) is 9.72. The molecule has 0 saturated heterocycles. The molecule has 92 valence electrons. The number of halogens is 2. The van der Waals surface area contributed by atoms with Crippen molar-refractivity contribution in [1.29, 1.82) is 0 Å². The lowest BCUT2D eigenvalue weighted by Gasteiger charge is -2.14. The highest BCUT2D eigenvalue weighted by atomic mass is 35.5. The average Bonchev–Trinajstić information content (AvgIpc) is 2.22. The fourth-order valence-corrected chi connectivity index (χ4v) is 1.31. The Balaban J connectivity index is 2.67. The predicted molar refractivity (Wildman–Crippen MR) is 62.2 cm³/mol. The van der Waals surface area contributed by atoms with Crippen LogP contribution in [0.2, 0.25) is 5.02 Å². The molecule has 4 N–H and O–H groups in total. The number of hydrogen-bond acceptors (Lipinski definition) is 3. The molecule has 0 saturated carbocycles. The molecule has 17 heavy (non-hydrogen) atoms. The summed E-state index contributed by atoms with van der Waals surface area (Å²) in [4.78, 5) is 21.8. The Labute approximate surface area is 102 Å². The quantitative estimate of drug-likeness (QED) is 0.769. The van der Waals surface area contributed by atoms with Gasteiger partial charge >= 0.3 is 6.03 Å². The first-order chi connectivity index (χ1) is 7.90. The number of nitrogens with two attached hydrogens (primary N) is 1. The van der Waals surface area contributed by atoms with Crippen molar-refractivity contribution in [2.24, 2.45) is 5.73 Å². The van der Waals surface area contributed by atoms with Crippen LogP contribution in [0.1, 0.15) is 6.92 Å². The van der Waals surface area contributed by atoms with E-state index >= 15 is 0 Å². The van der Waals surface area contributed by atoms with Gasteiger partial charge in [-0.15, -0.1) is 0 Å². The summed E-state index contributed by atoms with van der Waals surface area (Å²) in [6.45, 7) is 1.52. The first-order valence-electron chi connectivity index (χ1n) is 4.72. The van der Waals surface area contributed by atoms with Gasteiger partial charge in [-0.3, -0.25) is 10.1 Å². The van der Waals surface area contributed by atoms with Crippen LogP contribution in [0.3, 0.4) is 0 Å². The maximum atomic E-state index is 12.9. The normalized spacial score (nSPS) is 11.7. The Morgan fingerprint density at radius 2 is 2.12 bits per heavy atom. The first kappa shape index (κ1) is 13.2. The molecule has 0 aliphatic carbocycles. The molecule has 1 aromatic rings. The van der Waals surface area contributed by atoms with E-state index in [0.717, 1.165) is 0 Å². The van der Waals surface area contributed by atoms with Gasteiger partial charge in [0, 0.05) is 5.69 Å². The lowest BCUT2D eigenvalue weighted by molar-refractivity contribution is -0.120. The number of hydrogen-bond donors (Lipinski definition) is 3. The molecule has 1 aromatic carbocycles.